The first-order chi connectivity index (χ1) is 17.3. The number of likely N-dealkylation sites (tertiary alicyclic amines) is 1. The van der Waals surface area contributed by atoms with Crippen LogP contribution in [0.5, 0.6) is 0 Å². The van der Waals surface area contributed by atoms with Crippen molar-refractivity contribution in [3.8, 4) is 0 Å². The van der Waals surface area contributed by atoms with E-state index in [-0.39, 0.29) is 30.8 Å². The second-order valence-corrected chi connectivity index (χ2v) is 8.81. The van der Waals surface area contributed by atoms with E-state index in [0.29, 0.717) is 34.3 Å². The van der Waals surface area contributed by atoms with Gasteiger partial charge in [-0.2, -0.15) is 10.1 Å². The Morgan fingerprint density at radius 2 is 1.97 bits per heavy atom. The Bertz CT molecular complexity index is 1450. The molecule has 4 aromatic rings. The number of aromatic nitrogens is 3. The standard InChI is InChI=1S/C25H26N6O5/c1-4-15-9-19(30(3)29-15)22(32)27-16-10-20(23(33)28-25-26-14(2)12-36-25)31(11-16)24(34)18-13-35-21-8-6-5-7-17(18)21/h5-9,12-13,16,20H,4,10-11H2,1-3H3,(H,27,32)(H,26,28,33)/t16-,20+/m1/s1. The van der Waals surface area contributed by atoms with Crippen molar-refractivity contribution in [1.29, 1.82) is 0 Å². The van der Waals surface area contributed by atoms with Crippen molar-refractivity contribution < 1.29 is 23.2 Å². The minimum absolute atomic E-state index is 0.0492. The van der Waals surface area contributed by atoms with Crippen LogP contribution in [0.15, 0.2) is 51.7 Å². The Hall–Kier alpha value is -4.41. The second-order valence-electron chi connectivity index (χ2n) is 8.81. The van der Waals surface area contributed by atoms with Crippen LogP contribution in [0, 0.1) is 6.92 Å². The molecule has 2 atom stereocenters. The molecule has 36 heavy (non-hydrogen) atoms. The molecule has 1 fully saturated rings. The first-order valence-corrected chi connectivity index (χ1v) is 11.7. The van der Waals surface area contributed by atoms with E-state index >= 15 is 0 Å². The van der Waals surface area contributed by atoms with Crippen molar-refractivity contribution in [2.24, 2.45) is 7.05 Å². The van der Waals surface area contributed by atoms with Gasteiger partial charge in [-0.15, -0.1) is 0 Å². The highest BCUT2D eigenvalue weighted by Crippen LogP contribution is 2.27. The summed E-state index contributed by atoms with van der Waals surface area (Å²) in [5.74, 6) is -1.14. The first kappa shape index (κ1) is 23.3. The number of carbonyl (C=O) groups excluding carboxylic acids is 3. The van der Waals surface area contributed by atoms with E-state index in [4.69, 9.17) is 8.83 Å². The average molecular weight is 491 g/mol. The topological polar surface area (TPSA) is 136 Å². The number of anilines is 1. The molecule has 0 unspecified atom stereocenters. The molecule has 11 heteroatoms. The van der Waals surface area contributed by atoms with Crippen LogP contribution in [0.25, 0.3) is 11.0 Å². The smallest absolute Gasteiger partial charge is 0.301 e. The van der Waals surface area contributed by atoms with Crippen molar-refractivity contribution in [3.05, 3.63) is 65.5 Å². The highest BCUT2D eigenvalue weighted by Gasteiger charge is 2.42. The van der Waals surface area contributed by atoms with Crippen LogP contribution >= 0.6 is 0 Å². The third-order valence-corrected chi connectivity index (χ3v) is 6.29. The number of hydrogen-bond donors (Lipinski definition) is 2. The molecule has 4 heterocycles. The van der Waals surface area contributed by atoms with Gasteiger partial charge in [-0.3, -0.25) is 24.4 Å². The molecule has 1 aromatic carbocycles. The fraction of sp³-hybridized carbons (Fsp3) is 0.320. The molecular weight excluding hydrogens is 464 g/mol. The zero-order valence-corrected chi connectivity index (χ0v) is 20.1. The van der Waals surface area contributed by atoms with E-state index in [1.165, 1.54) is 22.1 Å². The number of fused-ring (bicyclic) bond motifs is 1. The van der Waals surface area contributed by atoms with Gasteiger partial charge in [0.15, 0.2) is 0 Å². The second kappa shape index (κ2) is 9.33. The SMILES string of the molecule is CCc1cc(C(=O)N[C@@H]2C[C@@H](C(=O)Nc3nc(C)co3)N(C(=O)c3coc4ccccc34)C2)n(C)n1. The van der Waals surface area contributed by atoms with Gasteiger partial charge in [-0.1, -0.05) is 25.1 Å². The molecule has 2 N–H and O–H groups in total. The first-order valence-electron chi connectivity index (χ1n) is 11.7. The van der Waals surface area contributed by atoms with Gasteiger partial charge < -0.3 is 19.1 Å². The number of nitrogens with one attached hydrogen (secondary N) is 2. The van der Waals surface area contributed by atoms with Crippen LogP contribution in [0.4, 0.5) is 6.01 Å². The largest absolute Gasteiger partial charge is 0.463 e. The van der Waals surface area contributed by atoms with Crippen LogP contribution in [-0.2, 0) is 18.3 Å². The number of aryl methyl sites for hydroxylation is 3. The lowest BCUT2D eigenvalue weighted by atomic mass is 10.1. The predicted molar refractivity (Wildman–Crippen MR) is 129 cm³/mol. The number of oxazole rings is 1. The quantitative estimate of drug-likeness (QED) is 0.424. The summed E-state index contributed by atoms with van der Waals surface area (Å²) in [4.78, 5) is 45.4. The van der Waals surface area contributed by atoms with Gasteiger partial charge in [0.2, 0.25) is 0 Å². The predicted octanol–water partition coefficient (Wildman–Crippen LogP) is 2.68. The van der Waals surface area contributed by atoms with Crippen LogP contribution in [0.1, 0.15) is 45.6 Å². The Morgan fingerprint density at radius 3 is 2.69 bits per heavy atom. The maximum Gasteiger partial charge on any atom is 0.301 e. The molecule has 1 saturated heterocycles. The highest BCUT2D eigenvalue weighted by molar-refractivity contribution is 6.08. The van der Waals surface area contributed by atoms with Crippen LogP contribution < -0.4 is 10.6 Å². The Balaban J connectivity index is 1.40. The number of hydrogen-bond acceptors (Lipinski definition) is 7. The third-order valence-electron chi connectivity index (χ3n) is 6.29. The molecule has 0 saturated carbocycles. The van der Waals surface area contributed by atoms with Crippen molar-refractivity contribution in [3.63, 3.8) is 0 Å². The van der Waals surface area contributed by atoms with E-state index in [2.05, 4.69) is 20.7 Å². The highest BCUT2D eigenvalue weighted by atomic mass is 16.4. The minimum Gasteiger partial charge on any atom is -0.463 e. The van der Waals surface area contributed by atoms with Gasteiger partial charge in [0, 0.05) is 25.0 Å². The molecule has 1 aliphatic rings. The summed E-state index contributed by atoms with van der Waals surface area (Å²) < 4.78 is 12.3. The zero-order chi connectivity index (χ0) is 25.4. The monoisotopic (exact) mass is 490 g/mol. The average Bonchev–Trinajstić information content (AvgIpc) is 3.64. The van der Waals surface area contributed by atoms with Crippen molar-refractivity contribution in [2.45, 2.75) is 38.8 Å². The number of nitrogens with zero attached hydrogens (tertiary/aromatic N) is 4. The molecule has 3 aromatic heterocycles. The Morgan fingerprint density at radius 1 is 1.17 bits per heavy atom. The lowest BCUT2D eigenvalue weighted by Gasteiger charge is -2.22. The van der Waals surface area contributed by atoms with E-state index in [9.17, 15) is 14.4 Å². The fourth-order valence-corrected chi connectivity index (χ4v) is 4.48. The van der Waals surface area contributed by atoms with Gasteiger partial charge in [0.05, 0.1) is 17.0 Å². The Labute approximate surface area is 206 Å². The molecule has 3 amide bonds. The summed E-state index contributed by atoms with van der Waals surface area (Å²) >= 11 is 0. The summed E-state index contributed by atoms with van der Waals surface area (Å²) in [7, 11) is 1.71. The molecule has 0 bridgehead atoms. The van der Waals surface area contributed by atoms with E-state index in [1.807, 2.05) is 19.1 Å². The van der Waals surface area contributed by atoms with E-state index in [0.717, 1.165) is 5.69 Å². The zero-order valence-electron chi connectivity index (χ0n) is 20.1. The number of para-hydroxylation sites is 1. The lowest BCUT2D eigenvalue weighted by Crippen LogP contribution is -2.43. The van der Waals surface area contributed by atoms with Crippen molar-refractivity contribution in [1.82, 2.24) is 25.0 Å². The van der Waals surface area contributed by atoms with Gasteiger partial charge in [0.1, 0.15) is 29.8 Å². The van der Waals surface area contributed by atoms with Crippen LogP contribution in [0.3, 0.4) is 0 Å². The van der Waals surface area contributed by atoms with Crippen LogP contribution in [0.2, 0.25) is 0 Å². The molecule has 1 aliphatic heterocycles. The third kappa shape index (κ3) is 4.35. The fourth-order valence-electron chi connectivity index (χ4n) is 4.48. The van der Waals surface area contributed by atoms with Gasteiger partial charge in [-0.25, -0.2) is 0 Å². The van der Waals surface area contributed by atoms with Crippen LogP contribution in [-0.4, -0.2) is 56.0 Å². The number of rotatable bonds is 6. The van der Waals surface area contributed by atoms with E-state index < -0.39 is 18.0 Å². The Kier molecular flexibility index (Phi) is 6.05. The number of furan rings is 1. The van der Waals surface area contributed by atoms with Gasteiger partial charge in [0.25, 0.3) is 17.7 Å². The molecule has 0 aliphatic carbocycles. The maximum absolute atomic E-state index is 13.6. The summed E-state index contributed by atoms with van der Waals surface area (Å²) in [5, 5.41) is 10.6. The van der Waals surface area contributed by atoms with Gasteiger partial charge >= 0.3 is 6.01 Å². The van der Waals surface area contributed by atoms with Crippen molar-refractivity contribution >= 4 is 34.7 Å². The molecule has 186 valence electrons. The number of carbonyl (C=O) groups is 3. The molecule has 0 spiro atoms. The molecular formula is C25H26N6O5. The minimum atomic E-state index is -0.860. The summed E-state index contributed by atoms with van der Waals surface area (Å²) in [5.41, 5.74) is 2.75. The van der Waals surface area contributed by atoms with Gasteiger partial charge in [-0.05, 0) is 31.9 Å². The number of amides is 3. The lowest BCUT2D eigenvalue weighted by molar-refractivity contribution is -0.119. The normalized spacial score (nSPS) is 17.5. The summed E-state index contributed by atoms with van der Waals surface area (Å²) in [6.07, 6.45) is 3.74. The summed E-state index contributed by atoms with van der Waals surface area (Å²) in [6.45, 7) is 3.84. The maximum atomic E-state index is 13.6. The summed E-state index contributed by atoms with van der Waals surface area (Å²) in [6, 6.07) is 7.66. The van der Waals surface area contributed by atoms with E-state index in [1.54, 1.807) is 32.2 Å². The van der Waals surface area contributed by atoms with Crippen molar-refractivity contribution in [2.75, 3.05) is 11.9 Å². The molecule has 11 nitrogen and oxygen atoms in total. The molecule has 5 rings (SSSR count). The molecule has 0 radical (unpaired) electrons. The number of benzene rings is 1.